The van der Waals surface area contributed by atoms with Gasteiger partial charge in [0.25, 0.3) is 0 Å². The number of rotatable bonds is 4. The maximum Gasteiger partial charge on any atom is 0.0587 e. The van der Waals surface area contributed by atoms with Gasteiger partial charge in [0.05, 0.1) is 6.61 Å². The zero-order valence-corrected chi connectivity index (χ0v) is 11.3. The van der Waals surface area contributed by atoms with E-state index in [1.807, 2.05) is 0 Å². The largest absolute Gasteiger partial charge is 0.395 e. The Morgan fingerprint density at radius 3 is 2.47 bits per heavy atom. The van der Waals surface area contributed by atoms with E-state index in [9.17, 15) is 5.11 Å². The van der Waals surface area contributed by atoms with Crippen molar-refractivity contribution in [2.75, 3.05) is 6.61 Å². The van der Waals surface area contributed by atoms with E-state index in [0.29, 0.717) is 24.6 Å². The maximum atomic E-state index is 9.63. The first kappa shape index (κ1) is 13.4. The third kappa shape index (κ3) is 3.96. The van der Waals surface area contributed by atoms with Crippen LogP contribution in [-0.4, -0.2) is 23.8 Å². The van der Waals surface area contributed by atoms with Crippen molar-refractivity contribution >= 4 is 0 Å². The van der Waals surface area contributed by atoms with Crippen molar-refractivity contribution in [3.05, 3.63) is 0 Å². The molecular weight excluding hydrogens is 210 g/mol. The predicted molar refractivity (Wildman–Crippen MR) is 72.0 cm³/mol. The molecule has 0 aliphatic heterocycles. The lowest BCUT2D eigenvalue weighted by atomic mass is 9.78. The molecule has 2 aliphatic rings. The summed E-state index contributed by atoms with van der Waals surface area (Å²) in [6.45, 7) is 2.69. The number of hydrogen-bond donors (Lipinski definition) is 2. The summed E-state index contributed by atoms with van der Waals surface area (Å²) in [4.78, 5) is 0. The van der Waals surface area contributed by atoms with E-state index in [0.717, 1.165) is 5.92 Å². The van der Waals surface area contributed by atoms with Crippen LogP contribution in [0.3, 0.4) is 0 Å². The van der Waals surface area contributed by atoms with Crippen LogP contribution >= 0.6 is 0 Å². The van der Waals surface area contributed by atoms with Gasteiger partial charge in [-0.2, -0.15) is 0 Å². The predicted octanol–water partition coefficient (Wildman–Crippen LogP) is 3.10. The van der Waals surface area contributed by atoms with Gasteiger partial charge in [-0.3, -0.25) is 0 Å². The molecule has 0 radical (unpaired) electrons. The van der Waals surface area contributed by atoms with Crippen molar-refractivity contribution in [2.45, 2.75) is 76.8 Å². The summed E-state index contributed by atoms with van der Waals surface area (Å²) in [7, 11) is 0. The Labute approximate surface area is 106 Å². The van der Waals surface area contributed by atoms with Gasteiger partial charge in [-0.1, -0.05) is 39.0 Å². The minimum absolute atomic E-state index is 0.327. The fraction of sp³-hybridized carbons (Fsp3) is 1.00. The Morgan fingerprint density at radius 2 is 1.82 bits per heavy atom. The summed E-state index contributed by atoms with van der Waals surface area (Å²) in [5.41, 5.74) is 0. The second-order valence-corrected chi connectivity index (χ2v) is 6.32. The summed E-state index contributed by atoms with van der Waals surface area (Å²) in [5, 5.41) is 13.4. The molecule has 2 heteroatoms. The van der Waals surface area contributed by atoms with Gasteiger partial charge in [0.1, 0.15) is 0 Å². The Morgan fingerprint density at radius 1 is 1.06 bits per heavy atom. The topological polar surface area (TPSA) is 32.3 Å². The fourth-order valence-electron chi connectivity index (χ4n) is 3.76. The minimum Gasteiger partial charge on any atom is -0.395 e. The fourth-order valence-corrected chi connectivity index (χ4v) is 3.76. The van der Waals surface area contributed by atoms with Crippen LogP contribution in [0.1, 0.15) is 64.7 Å². The Bertz CT molecular complexity index is 213. The number of hydrogen-bond acceptors (Lipinski definition) is 2. The molecule has 0 bridgehead atoms. The van der Waals surface area contributed by atoms with Gasteiger partial charge < -0.3 is 10.4 Å². The van der Waals surface area contributed by atoms with Crippen LogP contribution in [0, 0.1) is 11.8 Å². The highest BCUT2D eigenvalue weighted by molar-refractivity contribution is 4.84. The molecule has 2 nitrogen and oxygen atoms in total. The van der Waals surface area contributed by atoms with E-state index in [4.69, 9.17) is 0 Å². The summed E-state index contributed by atoms with van der Waals surface area (Å²) < 4.78 is 0. The molecule has 2 saturated carbocycles. The van der Waals surface area contributed by atoms with Gasteiger partial charge in [-0.15, -0.1) is 0 Å². The van der Waals surface area contributed by atoms with Crippen LogP contribution < -0.4 is 5.32 Å². The number of aliphatic hydroxyl groups is 1. The minimum atomic E-state index is 0.327. The first-order chi connectivity index (χ1) is 8.29. The zero-order valence-electron chi connectivity index (χ0n) is 11.3. The van der Waals surface area contributed by atoms with Gasteiger partial charge in [0.15, 0.2) is 0 Å². The van der Waals surface area contributed by atoms with E-state index in [1.54, 1.807) is 0 Å². The van der Waals surface area contributed by atoms with E-state index in [2.05, 4.69) is 12.2 Å². The molecule has 2 fully saturated rings. The molecule has 2 N–H and O–H groups in total. The average Bonchev–Trinajstić information content (AvgIpc) is 2.37. The van der Waals surface area contributed by atoms with Crippen LogP contribution in [-0.2, 0) is 0 Å². The smallest absolute Gasteiger partial charge is 0.0587 e. The molecule has 0 saturated heterocycles. The highest BCUT2D eigenvalue weighted by Crippen LogP contribution is 2.31. The van der Waals surface area contributed by atoms with Crippen molar-refractivity contribution in [2.24, 2.45) is 11.8 Å². The molecule has 0 amide bonds. The second-order valence-electron chi connectivity index (χ2n) is 6.32. The number of nitrogens with one attached hydrogen (secondary N) is 1. The lowest BCUT2D eigenvalue weighted by molar-refractivity contribution is 0.137. The molecule has 3 unspecified atom stereocenters. The lowest BCUT2D eigenvalue weighted by Gasteiger charge is -2.36. The van der Waals surface area contributed by atoms with Crippen LogP contribution in [0.5, 0.6) is 0 Å². The van der Waals surface area contributed by atoms with Gasteiger partial charge in [0, 0.05) is 12.1 Å². The Hall–Kier alpha value is -0.0800. The molecule has 100 valence electrons. The van der Waals surface area contributed by atoms with Gasteiger partial charge in [-0.05, 0) is 37.5 Å². The van der Waals surface area contributed by atoms with Gasteiger partial charge in [-0.25, -0.2) is 0 Å². The van der Waals surface area contributed by atoms with E-state index in [-0.39, 0.29) is 0 Å². The Balaban J connectivity index is 1.82. The Kier molecular flexibility index (Phi) is 5.30. The van der Waals surface area contributed by atoms with Crippen molar-refractivity contribution in [3.63, 3.8) is 0 Å². The van der Waals surface area contributed by atoms with Crippen molar-refractivity contribution in [1.29, 1.82) is 0 Å². The van der Waals surface area contributed by atoms with E-state index < -0.39 is 0 Å². The summed E-state index contributed by atoms with van der Waals surface area (Å²) in [5.74, 6) is 1.57. The quantitative estimate of drug-likeness (QED) is 0.790. The number of aliphatic hydroxyl groups excluding tert-OH is 1. The highest BCUT2D eigenvalue weighted by Gasteiger charge is 2.28. The molecule has 2 rings (SSSR count). The first-order valence-electron chi connectivity index (χ1n) is 7.66. The molecule has 2 aliphatic carbocycles. The second kappa shape index (κ2) is 6.75. The van der Waals surface area contributed by atoms with Crippen LogP contribution in [0.4, 0.5) is 0 Å². The molecule has 0 aromatic carbocycles. The van der Waals surface area contributed by atoms with E-state index >= 15 is 0 Å². The van der Waals surface area contributed by atoms with Gasteiger partial charge in [0.2, 0.25) is 0 Å². The molecule has 0 spiro atoms. The third-order valence-electron chi connectivity index (χ3n) is 4.80. The van der Waals surface area contributed by atoms with Gasteiger partial charge >= 0.3 is 0 Å². The molecule has 17 heavy (non-hydrogen) atoms. The van der Waals surface area contributed by atoms with Crippen molar-refractivity contribution < 1.29 is 5.11 Å². The van der Waals surface area contributed by atoms with Crippen LogP contribution in [0.25, 0.3) is 0 Å². The molecule has 3 atom stereocenters. The van der Waals surface area contributed by atoms with Crippen LogP contribution in [0.2, 0.25) is 0 Å². The molecule has 0 aromatic rings. The standard InChI is InChI=1S/C15H29NO/c1-12-6-5-7-13(10-12)15(11-17)16-14-8-3-2-4-9-14/h12-17H,2-11H2,1H3. The SMILES string of the molecule is CC1CCCC(C(CO)NC2CCCCC2)C1. The summed E-state index contributed by atoms with van der Waals surface area (Å²) >= 11 is 0. The highest BCUT2D eigenvalue weighted by atomic mass is 16.3. The average molecular weight is 239 g/mol. The lowest BCUT2D eigenvalue weighted by Crippen LogP contribution is -2.47. The molecular formula is C15H29NO. The maximum absolute atomic E-state index is 9.63. The summed E-state index contributed by atoms with van der Waals surface area (Å²) in [6, 6.07) is 1.04. The van der Waals surface area contributed by atoms with Crippen molar-refractivity contribution in [1.82, 2.24) is 5.32 Å². The monoisotopic (exact) mass is 239 g/mol. The van der Waals surface area contributed by atoms with E-state index in [1.165, 1.54) is 57.8 Å². The van der Waals surface area contributed by atoms with Crippen LogP contribution in [0.15, 0.2) is 0 Å². The first-order valence-corrected chi connectivity index (χ1v) is 7.66. The summed E-state index contributed by atoms with van der Waals surface area (Å²) in [6.07, 6.45) is 12.2. The third-order valence-corrected chi connectivity index (χ3v) is 4.80. The zero-order chi connectivity index (χ0) is 12.1. The molecule has 0 heterocycles. The normalized spacial score (nSPS) is 33.5. The molecule has 0 aromatic heterocycles. The van der Waals surface area contributed by atoms with Crippen molar-refractivity contribution in [3.8, 4) is 0 Å².